The summed E-state index contributed by atoms with van der Waals surface area (Å²) in [7, 11) is 0. The van der Waals surface area contributed by atoms with Crippen molar-refractivity contribution in [3.63, 3.8) is 0 Å². The highest BCUT2D eigenvalue weighted by Crippen LogP contribution is 2.33. The maximum atomic E-state index is 13.8. The molecule has 1 N–H and O–H groups in total. The van der Waals surface area contributed by atoms with Gasteiger partial charge in [0.15, 0.2) is 0 Å². The van der Waals surface area contributed by atoms with E-state index in [0.29, 0.717) is 44.5 Å². The lowest BCUT2D eigenvalue weighted by Gasteiger charge is -2.14. The third kappa shape index (κ3) is 3.58. The van der Waals surface area contributed by atoms with Crippen LogP contribution in [0.5, 0.6) is 0 Å². The topological polar surface area (TPSA) is 70.5 Å². The summed E-state index contributed by atoms with van der Waals surface area (Å²) < 4.78 is 1.41. The molecule has 0 saturated carbocycles. The summed E-state index contributed by atoms with van der Waals surface area (Å²) in [5.41, 5.74) is 4.14. The fraction of sp³-hybridized carbons (Fsp3) is 0.0741. The first-order chi connectivity index (χ1) is 16.5. The molecule has 0 bridgehead atoms. The summed E-state index contributed by atoms with van der Waals surface area (Å²) in [4.78, 5) is 27.4. The fourth-order valence-corrected chi connectivity index (χ4v) is 4.42. The maximum Gasteiger partial charge on any atom is 0.281 e. The number of carbonyl (C=O) groups is 1. The van der Waals surface area contributed by atoms with E-state index >= 15 is 0 Å². The number of para-hydroxylation sites is 2. The number of halogens is 1. The lowest BCUT2D eigenvalue weighted by Crippen LogP contribution is -2.24. The molecule has 0 atom stereocenters. The molecule has 2 heterocycles. The molecule has 3 aromatic carbocycles. The molecule has 1 aliphatic rings. The molecule has 1 aromatic heterocycles. The van der Waals surface area contributed by atoms with Crippen LogP contribution in [0.2, 0.25) is 5.02 Å². The first kappa shape index (κ1) is 21.7. The average Bonchev–Trinajstić information content (AvgIpc) is 3.31. The van der Waals surface area contributed by atoms with E-state index < -0.39 is 0 Å². The maximum absolute atomic E-state index is 13.8. The minimum atomic E-state index is -0.296. The number of anilines is 1. The minimum Gasteiger partial charge on any atom is -0.295 e. The zero-order valence-corrected chi connectivity index (χ0v) is 19.4. The van der Waals surface area contributed by atoms with Crippen LogP contribution in [0.3, 0.4) is 0 Å². The van der Waals surface area contributed by atoms with Crippen molar-refractivity contribution in [2.45, 2.75) is 13.8 Å². The first-order valence-corrected chi connectivity index (χ1v) is 11.2. The molecule has 1 amide bonds. The zero-order chi connectivity index (χ0) is 23.8. The first-order valence-electron chi connectivity index (χ1n) is 10.8. The van der Waals surface area contributed by atoms with Crippen molar-refractivity contribution < 1.29 is 4.79 Å². The Morgan fingerprint density at radius 2 is 1.47 bits per heavy atom. The number of aromatic amines is 1. The van der Waals surface area contributed by atoms with E-state index in [4.69, 9.17) is 11.6 Å². The van der Waals surface area contributed by atoms with E-state index in [1.807, 2.05) is 73.7 Å². The van der Waals surface area contributed by atoms with Crippen LogP contribution in [-0.2, 0) is 4.79 Å². The number of hydrogen-bond donors (Lipinski definition) is 1. The SMILES string of the molecule is CC1=NN(c2ccccc2)C(=O)/C1=C(/c1ccccc1)c1c(C)[nH]n(-c2ccccc2Cl)c1=O. The average molecular weight is 469 g/mol. The van der Waals surface area contributed by atoms with Crippen molar-refractivity contribution >= 4 is 34.5 Å². The number of hydrazone groups is 1. The van der Waals surface area contributed by atoms with E-state index in [0.717, 1.165) is 5.56 Å². The summed E-state index contributed by atoms with van der Waals surface area (Å²) in [6.45, 7) is 3.60. The highest BCUT2D eigenvalue weighted by atomic mass is 35.5. The van der Waals surface area contributed by atoms with Crippen LogP contribution in [0.25, 0.3) is 11.3 Å². The molecule has 34 heavy (non-hydrogen) atoms. The molecule has 0 spiro atoms. The van der Waals surface area contributed by atoms with Crippen LogP contribution in [0, 0.1) is 6.92 Å². The molecule has 0 saturated heterocycles. The molecular formula is C27H21ClN4O2. The van der Waals surface area contributed by atoms with Gasteiger partial charge in [-0.2, -0.15) is 10.1 Å². The van der Waals surface area contributed by atoms with Crippen molar-refractivity contribution in [2.75, 3.05) is 5.01 Å². The molecule has 4 aromatic rings. The summed E-state index contributed by atoms with van der Waals surface area (Å²) >= 11 is 6.38. The van der Waals surface area contributed by atoms with Crippen LogP contribution in [0.1, 0.15) is 23.7 Å². The van der Waals surface area contributed by atoms with Crippen molar-refractivity contribution in [1.29, 1.82) is 0 Å². The number of carbonyl (C=O) groups excluding carboxylic acids is 1. The summed E-state index contributed by atoms with van der Waals surface area (Å²) in [6, 6.07) is 25.8. The summed E-state index contributed by atoms with van der Waals surface area (Å²) in [5, 5.41) is 9.49. The Bertz CT molecular complexity index is 1520. The molecule has 0 fully saturated rings. The number of amides is 1. The van der Waals surface area contributed by atoms with Crippen molar-refractivity contribution in [3.05, 3.63) is 123 Å². The van der Waals surface area contributed by atoms with Crippen LogP contribution < -0.4 is 10.6 Å². The lowest BCUT2D eigenvalue weighted by atomic mass is 9.91. The van der Waals surface area contributed by atoms with Gasteiger partial charge in [0.2, 0.25) is 0 Å². The van der Waals surface area contributed by atoms with Gasteiger partial charge in [-0.25, -0.2) is 4.68 Å². The number of rotatable bonds is 4. The predicted octanol–water partition coefficient (Wildman–Crippen LogP) is 5.35. The number of hydrogen-bond acceptors (Lipinski definition) is 3. The van der Waals surface area contributed by atoms with Gasteiger partial charge in [-0.15, -0.1) is 0 Å². The van der Waals surface area contributed by atoms with E-state index in [2.05, 4.69) is 10.2 Å². The third-order valence-corrected chi connectivity index (χ3v) is 6.07. The van der Waals surface area contributed by atoms with Gasteiger partial charge in [0.1, 0.15) is 0 Å². The van der Waals surface area contributed by atoms with Crippen LogP contribution >= 0.6 is 11.6 Å². The second-order valence-electron chi connectivity index (χ2n) is 7.96. The Labute approximate surface area is 201 Å². The van der Waals surface area contributed by atoms with E-state index in [9.17, 15) is 9.59 Å². The lowest BCUT2D eigenvalue weighted by molar-refractivity contribution is -0.114. The van der Waals surface area contributed by atoms with E-state index in [-0.39, 0.29) is 11.5 Å². The smallest absolute Gasteiger partial charge is 0.281 e. The summed E-state index contributed by atoms with van der Waals surface area (Å²) in [6.07, 6.45) is 0. The highest BCUT2D eigenvalue weighted by molar-refractivity contribution is 6.34. The molecule has 0 radical (unpaired) electrons. The van der Waals surface area contributed by atoms with E-state index in [1.54, 1.807) is 25.1 Å². The number of H-pyrrole nitrogens is 1. The fourth-order valence-electron chi connectivity index (χ4n) is 4.20. The van der Waals surface area contributed by atoms with Gasteiger partial charge >= 0.3 is 0 Å². The van der Waals surface area contributed by atoms with Gasteiger partial charge in [0.05, 0.1) is 33.2 Å². The number of aryl methyl sites for hydroxylation is 1. The molecular weight excluding hydrogens is 448 g/mol. The molecule has 0 unspecified atom stereocenters. The van der Waals surface area contributed by atoms with E-state index in [1.165, 1.54) is 9.69 Å². The van der Waals surface area contributed by atoms with Gasteiger partial charge < -0.3 is 0 Å². The number of nitrogens with one attached hydrogen (secondary N) is 1. The van der Waals surface area contributed by atoms with Crippen LogP contribution in [-0.4, -0.2) is 21.4 Å². The zero-order valence-electron chi connectivity index (χ0n) is 18.6. The normalized spacial score (nSPS) is 15.0. The van der Waals surface area contributed by atoms with Crippen LogP contribution in [0.4, 0.5) is 5.69 Å². The van der Waals surface area contributed by atoms with Gasteiger partial charge in [0.25, 0.3) is 11.5 Å². The quantitative estimate of drug-likeness (QED) is 0.410. The van der Waals surface area contributed by atoms with Crippen molar-refractivity contribution in [2.24, 2.45) is 5.10 Å². The standard InChI is InChI=1S/C27H21ClN4O2/c1-17-23(26(33)31(29-17)20-13-7-4-8-14-20)25(19-11-5-3-6-12-19)24-18(2)30-32(27(24)34)22-16-10-9-15-21(22)28/h3-16,30H,1-2H3/b25-23-. The Balaban J connectivity index is 1.77. The Kier molecular flexibility index (Phi) is 5.51. The van der Waals surface area contributed by atoms with Gasteiger partial charge in [0, 0.05) is 11.3 Å². The van der Waals surface area contributed by atoms with Gasteiger partial charge in [-0.05, 0) is 43.7 Å². The van der Waals surface area contributed by atoms with Crippen molar-refractivity contribution in [3.8, 4) is 5.69 Å². The largest absolute Gasteiger partial charge is 0.295 e. The summed E-state index contributed by atoms with van der Waals surface area (Å²) in [5.74, 6) is -0.285. The second-order valence-corrected chi connectivity index (χ2v) is 8.36. The highest BCUT2D eigenvalue weighted by Gasteiger charge is 2.34. The minimum absolute atomic E-state index is 0.285. The molecule has 7 heteroatoms. The molecule has 0 aliphatic carbocycles. The Hall–Kier alpha value is -4.16. The number of aromatic nitrogens is 2. The van der Waals surface area contributed by atoms with Crippen molar-refractivity contribution in [1.82, 2.24) is 9.78 Å². The monoisotopic (exact) mass is 468 g/mol. The Morgan fingerprint density at radius 3 is 2.15 bits per heavy atom. The molecule has 5 rings (SSSR count). The predicted molar refractivity (Wildman–Crippen MR) is 136 cm³/mol. The third-order valence-electron chi connectivity index (χ3n) is 5.75. The Morgan fingerprint density at radius 1 is 0.853 bits per heavy atom. The van der Waals surface area contributed by atoms with Crippen LogP contribution in [0.15, 0.2) is 100 Å². The molecule has 168 valence electrons. The number of nitrogens with zero attached hydrogens (tertiary/aromatic N) is 3. The van der Waals surface area contributed by atoms with Gasteiger partial charge in [-0.3, -0.25) is 14.7 Å². The number of benzene rings is 3. The molecule has 6 nitrogen and oxygen atoms in total. The van der Waals surface area contributed by atoms with Gasteiger partial charge in [-0.1, -0.05) is 72.3 Å². The second kappa shape index (κ2) is 8.65. The molecule has 1 aliphatic heterocycles.